The van der Waals surface area contributed by atoms with Gasteiger partial charge in [-0.2, -0.15) is 5.10 Å². The van der Waals surface area contributed by atoms with E-state index < -0.39 is 0 Å². The lowest BCUT2D eigenvalue weighted by atomic mass is 10.0. The van der Waals surface area contributed by atoms with Crippen molar-refractivity contribution in [3.8, 4) is 11.1 Å². The molecule has 3 nitrogen and oxygen atoms in total. The summed E-state index contributed by atoms with van der Waals surface area (Å²) in [4.78, 5) is 10.7. The van der Waals surface area contributed by atoms with Crippen LogP contribution in [0.15, 0.2) is 30.6 Å². The van der Waals surface area contributed by atoms with Crippen LogP contribution in [0.2, 0.25) is 0 Å². The summed E-state index contributed by atoms with van der Waals surface area (Å²) in [5.74, 6) is 0. The van der Waals surface area contributed by atoms with E-state index in [1.54, 1.807) is 0 Å². The molecule has 82 valence electrons. The van der Waals surface area contributed by atoms with Crippen LogP contribution in [0.5, 0.6) is 0 Å². The zero-order valence-corrected chi connectivity index (χ0v) is 9.47. The molecule has 0 saturated heterocycles. The molecular weight excluding hydrogens is 200 g/mol. The van der Waals surface area contributed by atoms with E-state index in [1.807, 2.05) is 49.1 Å². The molecule has 0 aliphatic heterocycles. The van der Waals surface area contributed by atoms with Crippen LogP contribution in [0.1, 0.15) is 22.8 Å². The molecule has 0 bridgehead atoms. The van der Waals surface area contributed by atoms with Gasteiger partial charge in [-0.15, -0.1) is 0 Å². The van der Waals surface area contributed by atoms with Crippen molar-refractivity contribution in [1.29, 1.82) is 0 Å². The standard InChI is InChI=1S/C13H14N2O/c1-3-15-8-12(7-14-15)13-6-11(9-16)5-4-10(13)2/h4-9H,3H2,1-2H3. The average Bonchev–Trinajstić information content (AvgIpc) is 2.78. The van der Waals surface area contributed by atoms with Gasteiger partial charge in [0, 0.05) is 23.9 Å². The molecule has 1 heterocycles. The lowest BCUT2D eigenvalue weighted by Crippen LogP contribution is -1.92. The number of aromatic nitrogens is 2. The highest BCUT2D eigenvalue weighted by atomic mass is 16.1. The smallest absolute Gasteiger partial charge is 0.150 e. The zero-order valence-electron chi connectivity index (χ0n) is 9.47. The monoisotopic (exact) mass is 214 g/mol. The normalized spacial score (nSPS) is 10.4. The third-order valence-electron chi connectivity index (χ3n) is 2.67. The van der Waals surface area contributed by atoms with Gasteiger partial charge in [-0.25, -0.2) is 0 Å². The molecule has 0 amide bonds. The van der Waals surface area contributed by atoms with Crippen LogP contribution in [0.25, 0.3) is 11.1 Å². The maximum Gasteiger partial charge on any atom is 0.150 e. The van der Waals surface area contributed by atoms with Crippen molar-refractivity contribution in [3.63, 3.8) is 0 Å². The number of hydrogen-bond donors (Lipinski definition) is 0. The average molecular weight is 214 g/mol. The van der Waals surface area contributed by atoms with Gasteiger partial charge in [0.25, 0.3) is 0 Å². The second kappa shape index (κ2) is 4.31. The summed E-state index contributed by atoms with van der Waals surface area (Å²) < 4.78 is 1.88. The van der Waals surface area contributed by atoms with Crippen LogP contribution in [-0.2, 0) is 6.54 Å². The predicted octanol–water partition coefficient (Wildman–Crippen LogP) is 2.69. The van der Waals surface area contributed by atoms with E-state index in [1.165, 1.54) is 0 Å². The number of carbonyl (C=O) groups is 1. The van der Waals surface area contributed by atoms with E-state index in [0.29, 0.717) is 5.56 Å². The van der Waals surface area contributed by atoms with Gasteiger partial charge in [0.2, 0.25) is 0 Å². The highest BCUT2D eigenvalue weighted by Gasteiger charge is 2.05. The molecule has 16 heavy (non-hydrogen) atoms. The first-order valence-electron chi connectivity index (χ1n) is 5.33. The Morgan fingerprint density at radius 2 is 2.25 bits per heavy atom. The molecule has 2 aromatic rings. The molecule has 0 N–H and O–H groups in total. The Hall–Kier alpha value is -1.90. The van der Waals surface area contributed by atoms with Crippen molar-refractivity contribution in [2.24, 2.45) is 0 Å². The Labute approximate surface area is 94.7 Å². The number of aldehydes is 1. The quantitative estimate of drug-likeness (QED) is 0.736. The van der Waals surface area contributed by atoms with Gasteiger partial charge in [-0.3, -0.25) is 9.48 Å². The number of hydrogen-bond acceptors (Lipinski definition) is 2. The fourth-order valence-electron chi connectivity index (χ4n) is 1.70. The van der Waals surface area contributed by atoms with Crippen LogP contribution in [0.4, 0.5) is 0 Å². The molecular formula is C13H14N2O. The van der Waals surface area contributed by atoms with Gasteiger partial charge < -0.3 is 0 Å². The fourth-order valence-corrected chi connectivity index (χ4v) is 1.70. The summed E-state index contributed by atoms with van der Waals surface area (Å²) >= 11 is 0. The van der Waals surface area contributed by atoms with Crippen molar-refractivity contribution >= 4 is 6.29 Å². The molecule has 0 atom stereocenters. The lowest BCUT2D eigenvalue weighted by Gasteiger charge is -2.03. The Morgan fingerprint density at radius 3 is 2.88 bits per heavy atom. The van der Waals surface area contributed by atoms with E-state index in [2.05, 4.69) is 5.10 Å². The minimum Gasteiger partial charge on any atom is -0.298 e. The van der Waals surface area contributed by atoms with Crippen molar-refractivity contribution in [3.05, 3.63) is 41.7 Å². The van der Waals surface area contributed by atoms with Gasteiger partial charge >= 0.3 is 0 Å². The van der Waals surface area contributed by atoms with Crippen LogP contribution in [0.3, 0.4) is 0 Å². The third-order valence-corrected chi connectivity index (χ3v) is 2.67. The van der Waals surface area contributed by atoms with Gasteiger partial charge in [0.1, 0.15) is 6.29 Å². The molecule has 0 spiro atoms. The zero-order chi connectivity index (χ0) is 11.5. The van der Waals surface area contributed by atoms with Crippen molar-refractivity contribution in [2.45, 2.75) is 20.4 Å². The molecule has 3 heteroatoms. The lowest BCUT2D eigenvalue weighted by molar-refractivity contribution is 0.112. The highest BCUT2D eigenvalue weighted by Crippen LogP contribution is 2.23. The summed E-state index contributed by atoms with van der Waals surface area (Å²) in [6, 6.07) is 5.69. The molecule has 1 aromatic heterocycles. The third kappa shape index (κ3) is 1.89. The molecule has 0 unspecified atom stereocenters. The first-order valence-corrected chi connectivity index (χ1v) is 5.33. The first-order chi connectivity index (χ1) is 7.74. The molecule has 0 fully saturated rings. The molecule has 2 rings (SSSR count). The van der Waals surface area contributed by atoms with Crippen LogP contribution < -0.4 is 0 Å². The highest BCUT2D eigenvalue weighted by molar-refractivity contribution is 5.79. The van der Waals surface area contributed by atoms with Crippen molar-refractivity contribution in [1.82, 2.24) is 9.78 Å². The summed E-state index contributed by atoms with van der Waals surface area (Å²) in [6.45, 7) is 4.94. The summed E-state index contributed by atoms with van der Waals surface area (Å²) in [5.41, 5.74) is 3.98. The van der Waals surface area contributed by atoms with E-state index in [0.717, 1.165) is 29.5 Å². The first kappa shape index (κ1) is 10.6. The minimum atomic E-state index is 0.699. The second-order valence-electron chi connectivity index (χ2n) is 3.78. The van der Waals surface area contributed by atoms with Gasteiger partial charge in [0.05, 0.1) is 6.20 Å². The van der Waals surface area contributed by atoms with Crippen molar-refractivity contribution < 1.29 is 4.79 Å². The largest absolute Gasteiger partial charge is 0.298 e. The van der Waals surface area contributed by atoms with E-state index in [-0.39, 0.29) is 0 Å². The topological polar surface area (TPSA) is 34.9 Å². The SMILES string of the molecule is CCn1cc(-c2cc(C=O)ccc2C)cn1. The Kier molecular flexibility index (Phi) is 2.86. The molecule has 0 radical (unpaired) electrons. The van der Waals surface area contributed by atoms with Crippen LogP contribution in [0, 0.1) is 6.92 Å². The van der Waals surface area contributed by atoms with Gasteiger partial charge in [0.15, 0.2) is 0 Å². The maximum absolute atomic E-state index is 10.7. The minimum absolute atomic E-state index is 0.699. The molecule has 1 aromatic carbocycles. The van der Waals surface area contributed by atoms with Crippen LogP contribution in [-0.4, -0.2) is 16.1 Å². The summed E-state index contributed by atoms with van der Waals surface area (Å²) in [6.07, 6.45) is 4.70. The van der Waals surface area contributed by atoms with E-state index in [9.17, 15) is 4.79 Å². The summed E-state index contributed by atoms with van der Waals surface area (Å²) in [7, 11) is 0. The Morgan fingerprint density at radius 1 is 1.44 bits per heavy atom. The number of rotatable bonds is 3. The predicted molar refractivity (Wildman–Crippen MR) is 63.5 cm³/mol. The molecule has 0 aliphatic rings. The number of benzene rings is 1. The van der Waals surface area contributed by atoms with Gasteiger partial charge in [-0.1, -0.05) is 12.1 Å². The molecule has 0 saturated carbocycles. The molecule has 0 aliphatic carbocycles. The summed E-state index contributed by atoms with van der Waals surface area (Å²) in [5, 5.41) is 4.24. The van der Waals surface area contributed by atoms with Crippen LogP contribution >= 0.6 is 0 Å². The fraction of sp³-hybridized carbons (Fsp3) is 0.231. The van der Waals surface area contributed by atoms with E-state index in [4.69, 9.17) is 0 Å². The second-order valence-corrected chi connectivity index (χ2v) is 3.78. The van der Waals surface area contributed by atoms with E-state index >= 15 is 0 Å². The maximum atomic E-state index is 10.7. The Bertz CT molecular complexity index is 514. The number of carbonyl (C=O) groups excluding carboxylic acids is 1. The van der Waals surface area contributed by atoms with Gasteiger partial charge in [-0.05, 0) is 31.0 Å². The van der Waals surface area contributed by atoms with Crippen molar-refractivity contribution in [2.75, 3.05) is 0 Å². The Balaban J connectivity index is 2.49. The number of nitrogens with zero attached hydrogens (tertiary/aromatic N) is 2. The number of aryl methyl sites for hydroxylation is 2.